The van der Waals surface area contributed by atoms with Crippen LogP contribution in [0.2, 0.25) is 0 Å². The number of quaternary nitrogens is 1. The lowest BCUT2D eigenvalue weighted by atomic mass is 10.3. The quantitative estimate of drug-likeness (QED) is 0.531. The molecule has 4 heteroatoms. The molecule has 54 valence electrons. The molecular formula is C6H5F3N+. The molecule has 1 aromatic carbocycles. The second-order valence-electron chi connectivity index (χ2n) is 1.86. The Morgan fingerprint density at radius 1 is 0.900 bits per heavy atom. The van der Waals surface area contributed by atoms with Gasteiger partial charge in [0.05, 0.1) is 0 Å². The Bertz CT molecular complexity index is 209. The summed E-state index contributed by atoms with van der Waals surface area (Å²) >= 11 is 0. The minimum atomic E-state index is -1.19. The summed E-state index contributed by atoms with van der Waals surface area (Å²) < 4.78 is 36.6. The summed E-state index contributed by atoms with van der Waals surface area (Å²) in [5, 5.41) is 0. The van der Waals surface area contributed by atoms with Gasteiger partial charge in [-0.15, -0.1) is 0 Å². The zero-order valence-electron chi connectivity index (χ0n) is 5.00. The summed E-state index contributed by atoms with van der Waals surface area (Å²) in [6.07, 6.45) is 0. The molecule has 0 radical (unpaired) electrons. The SMILES string of the molecule is [NH3+]c1cc(F)c(F)cc1F. The molecule has 3 N–H and O–H groups in total. The van der Waals surface area contributed by atoms with Crippen molar-refractivity contribution in [2.75, 3.05) is 0 Å². The molecule has 0 atom stereocenters. The standard InChI is InChI=1S/C6H4F3N/c7-3-1-5(9)6(10)2-4(3)8/h1-2H,10H2/p+1. The molecule has 0 saturated heterocycles. The number of rotatable bonds is 0. The van der Waals surface area contributed by atoms with Gasteiger partial charge in [-0.2, -0.15) is 0 Å². The van der Waals surface area contributed by atoms with E-state index in [9.17, 15) is 13.2 Å². The Labute approximate surface area is 55.3 Å². The maximum Gasteiger partial charge on any atom is 0.186 e. The second kappa shape index (κ2) is 2.30. The van der Waals surface area contributed by atoms with Gasteiger partial charge >= 0.3 is 0 Å². The highest BCUT2D eigenvalue weighted by atomic mass is 19.2. The molecule has 0 heterocycles. The van der Waals surface area contributed by atoms with Crippen LogP contribution < -0.4 is 5.73 Å². The molecule has 1 nitrogen and oxygen atoms in total. The normalized spacial score (nSPS) is 10.0. The fraction of sp³-hybridized carbons (Fsp3) is 0. The highest BCUT2D eigenvalue weighted by Gasteiger charge is 2.08. The zero-order valence-corrected chi connectivity index (χ0v) is 5.00. The molecule has 1 rings (SSSR count). The average Bonchev–Trinajstić information content (AvgIpc) is 1.84. The summed E-state index contributed by atoms with van der Waals surface area (Å²) in [6.45, 7) is 0. The summed E-state index contributed by atoms with van der Waals surface area (Å²) in [6, 6.07) is 1.18. The lowest BCUT2D eigenvalue weighted by Gasteiger charge is -1.92. The van der Waals surface area contributed by atoms with Crippen molar-refractivity contribution in [1.29, 1.82) is 0 Å². The highest BCUT2D eigenvalue weighted by Crippen LogP contribution is 2.12. The Morgan fingerprint density at radius 3 is 1.90 bits per heavy atom. The van der Waals surface area contributed by atoms with E-state index in [-0.39, 0.29) is 5.69 Å². The van der Waals surface area contributed by atoms with Crippen LogP contribution in [0, 0.1) is 17.5 Å². The zero-order chi connectivity index (χ0) is 7.72. The molecule has 10 heavy (non-hydrogen) atoms. The highest BCUT2D eigenvalue weighted by molar-refractivity contribution is 5.30. The van der Waals surface area contributed by atoms with Gasteiger partial charge in [-0.3, -0.25) is 0 Å². The maximum absolute atomic E-state index is 12.3. The monoisotopic (exact) mass is 148 g/mol. The van der Waals surface area contributed by atoms with Crippen LogP contribution in [0.15, 0.2) is 12.1 Å². The third-order valence-electron chi connectivity index (χ3n) is 1.09. The first-order valence-electron chi connectivity index (χ1n) is 2.58. The Balaban J connectivity index is 3.28. The Hall–Kier alpha value is -1.03. The summed E-state index contributed by atoms with van der Waals surface area (Å²) in [7, 11) is 0. The van der Waals surface area contributed by atoms with Crippen molar-refractivity contribution in [3.05, 3.63) is 29.6 Å². The number of hydrogen-bond acceptors (Lipinski definition) is 0. The van der Waals surface area contributed by atoms with Crippen LogP contribution in [-0.2, 0) is 0 Å². The largest absolute Gasteiger partial charge is 0.323 e. The number of hydrogen-bond donors (Lipinski definition) is 1. The van der Waals surface area contributed by atoms with Crippen LogP contribution in [0.5, 0.6) is 0 Å². The van der Waals surface area contributed by atoms with Crippen LogP contribution in [0.3, 0.4) is 0 Å². The summed E-state index contributed by atoms with van der Waals surface area (Å²) in [4.78, 5) is 0. The molecule has 0 amide bonds. The van der Waals surface area contributed by atoms with E-state index < -0.39 is 17.5 Å². The van der Waals surface area contributed by atoms with Crippen molar-refractivity contribution in [2.24, 2.45) is 0 Å². The van der Waals surface area contributed by atoms with Gasteiger partial charge in [0.25, 0.3) is 0 Å². The van der Waals surface area contributed by atoms with Gasteiger partial charge < -0.3 is 5.73 Å². The lowest BCUT2D eigenvalue weighted by Crippen LogP contribution is -2.41. The third kappa shape index (κ3) is 1.11. The molecule has 0 saturated carbocycles. The predicted octanol–water partition coefficient (Wildman–Crippen LogP) is 0.977. The van der Waals surface area contributed by atoms with Gasteiger partial charge in [0, 0.05) is 12.1 Å². The Kier molecular flexibility index (Phi) is 1.63. The summed E-state index contributed by atoms with van der Waals surface area (Å²) in [5.41, 5.74) is 3.00. The van der Waals surface area contributed by atoms with E-state index in [1.807, 2.05) is 0 Å². The molecule has 0 unspecified atom stereocenters. The second-order valence-corrected chi connectivity index (χ2v) is 1.86. The van der Waals surface area contributed by atoms with Gasteiger partial charge in [-0.05, 0) is 0 Å². The van der Waals surface area contributed by atoms with Crippen molar-refractivity contribution < 1.29 is 18.9 Å². The maximum atomic E-state index is 12.3. The fourth-order valence-corrected chi connectivity index (χ4v) is 0.564. The molecule has 0 fully saturated rings. The first-order chi connectivity index (χ1) is 4.61. The van der Waals surface area contributed by atoms with E-state index in [2.05, 4.69) is 5.73 Å². The van der Waals surface area contributed by atoms with E-state index in [4.69, 9.17) is 0 Å². The lowest BCUT2D eigenvalue weighted by molar-refractivity contribution is -0.259. The number of benzene rings is 1. The van der Waals surface area contributed by atoms with Gasteiger partial charge in [0.1, 0.15) is 0 Å². The van der Waals surface area contributed by atoms with E-state index in [0.717, 1.165) is 0 Å². The van der Waals surface area contributed by atoms with Gasteiger partial charge in [-0.1, -0.05) is 0 Å². The van der Waals surface area contributed by atoms with E-state index in [1.165, 1.54) is 0 Å². The van der Waals surface area contributed by atoms with Crippen molar-refractivity contribution >= 4 is 5.69 Å². The van der Waals surface area contributed by atoms with Crippen molar-refractivity contribution in [1.82, 2.24) is 0 Å². The van der Waals surface area contributed by atoms with Gasteiger partial charge in [0.15, 0.2) is 23.1 Å². The average molecular weight is 148 g/mol. The van der Waals surface area contributed by atoms with Crippen LogP contribution in [-0.4, -0.2) is 0 Å². The van der Waals surface area contributed by atoms with Gasteiger partial charge in [-0.25, -0.2) is 13.2 Å². The first kappa shape index (κ1) is 7.08. The third-order valence-corrected chi connectivity index (χ3v) is 1.09. The summed E-state index contributed by atoms with van der Waals surface area (Å²) in [5.74, 6) is -3.10. The van der Waals surface area contributed by atoms with Crippen molar-refractivity contribution in [3.8, 4) is 0 Å². The molecule has 0 aliphatic rings. The first-order valence-corrected chi connectivity index (χ1v) is 2.58. The van der Waals surface area contributed by atoms with E-state index in [0.29, 0.717) is 12.1 Å². The fourth-order valence-electron chi connectivity index (χ4n) is 0.564. The minimum absolute atomic E-state index is 0.140. The van der Waals surface area contributed by atoms with Crippen molar-refractivity contribution in [2.45, 2.75) is 0 Å². The van der Waals surface area contributed by atoms with E-state index in [1.54, 1.807) is 0 Å². The van der Waals surface area contributed by atoms with Crippen molar-refractivity contribution in [3.63, 3.8) is 0 Å². The number of halogens is 3. The molecule has 0 aromatic heterocycles. The molecule has 0 spiro atoms. The Morgan fingerprint density at radius 2 is 1.40 bits per heavy atom. The predicted molar refractivity (Wildman–Crippen MR) is 28.9 cm³/mol. The van der Waals surface area contributed by atoms with Crippen LogP contribution in [0.25, 0.3) is 0 Å². The van der Waals surface area contributed by atoms with E-state index >= 15 is 0 Å². The molecule has 0 aliphatic carbocycles. The molecular weight excluding hydrogens is 143 g/mol. The topological polar surface area (TPSA) is 27.6 Å². The van der Waals surface area contributed by atoms with Crippen LogP contribution in [0.1, 0.15) is 0 Å². The smallest absolute Gasteiger partial charge is 0.186 e. The molecule has 0 bridgehead atoms. The van der Waals surface area contributed by atoms with Crippen LogP contribution >= 0.6 is 0 Å². The van der Waals surface area contributed by atoms with Crippen LogP contribution in [0.4, 0.5) is 18.9 Å². The molecule has 0 aliphatic heterocycles. The van der Waals surface area contributed by atoms with Gasteiger partial charge in [0.2, 0.25) is 0 Å². The molecule has 1 aromatic rings. The minimum Gasteiger partial charge on any atom is -0.323 e.